The lowest BCUT2D eigenvalue weighted by Gasteiger charge is -2.30. The largest absolute Gasteiger partial charge is 0.479 e. The molecule has 96 valence electrons. The van der Waals surface area contributed by atoms with E-state index >= 15 is 0 Å². The van der Waals surface area contributed by atoms with Crippen LogP contribution in [0.25, 0.3) is 0 Å². The van der Waals surface area contributed by atoms with E-state index in [1.165, 1.54) is 0 Å². The third-order valence-electron chi connectivity index (χ3n) is 3.41. The Morgan fingerprint density at radius 1 is 1.44 bits per heavy atom. The molecule has 5 heteroatoms. The number of carbonyl (C=O) groups excluding carboxylic acids is 1. The zero-order valence-corrected chi connectivity index (χ0v) is 10.5. The lowest BCUT2D eigenvalue weighted by molar-refractivity contribution is -0.125. The smallest absolute Gasteiger partial charge is 0.267 e. The first-order valence-electron chi connectivity index (χ1n) is 6.07. The van der Waals surface area contributed by atoms with Crippen LogP contribution in [0.5, 0.6) is 5.75 Å². The van der Waals surface area contributed by atoms with Gasteiger partial charge in [0.15, 0.2) is 6.10 Å². The van der Waals surface area contributed by atoms with E-state index in [1.807, 2.05) is 18.2 Å². The highest BCUT2D eigenvalue weighted by molar-refractivity contribution is 5.99. The highest BCUT2D eigenvalue weighted by Gasteiger charge is 2.30. The Kier molecular flexibility index (Phi) is 2.72. The zero-order chi connectivity index (χ0) is 12.7. The Morgan fingerprint density at radius 3 is 3.00 bits per heavy atom. The fourth-order valence-corrected chi connectivity index (χ4v) is 2.35. The SMILES string of the molecule is CC1Oc2ccc(C3CNCO3)cc2N(C)C1=O. The molecule has 1 N–H and O–H groups in total. The summed E-state index contributed by atoms with van der Waals surface area (Å²) in [5, 5.41) is 3.14. The number of nitrogens with one attached hydrogen (secondary N) is 1. The van der Waals surface area contributed by atoms with Gasteiger partial charge in [0.05, 0.1) is 18.5 Å². The summed E-state index contributed by atoms with van der Waals surface area (Å²) in [6.45, 7) is 3.14. The fourth-order valence-electron chi connectivity index (χ4n) is 2.35. The molecular weight excluding hydrogens is 232 g/mol. The van der Waals surface area contributed by atoms with Gasteiger partial charge in [-0.25, -0.2) is 0 Å². The maximum atomic E-state index is 11.9. The molecule has 2 aliphatic heterocycles. The van der Waals surface area contributed by atoms with Crippen LogP contribution in [0.2, 0.25) is 0 Å². The number of hydrogen-bond acceptors (Lipinski definition) is 4. The Hall–Kier alpha value is -1.59. The number of benzene rings is 1. The lowest BCUT2D eigenvalue weighted by atomic mass is 10.1. The summed E-state index contributed by atoms with van der Waals surface area (Å²) in [6.07, 6.45) is -0.365. The van der Waals surface area contributed by atoms with Gasteiger partial charge in [-0.05, 0) is 24.6 Å². The van der Waals surface area contributed by atoms with Crippen molar-refractivity contribution in [2.75, 3.05) is 25.2 Å². The summed E-state index contributed by atoms with van der Waals surface area (Å²) in [7, 11) is 1.78. The molecule has 1 aromatic carbocycles. The second-order valence-electron chi connectivity index (χ2n) is 4.64. The maximum absolute atomic E-state index is 11.9. The molecule has 5 nitrogen and oxygen atoms in total. The van der Waals surface area contributed by atoms with Crippen molar-refractivity contribution in [3.63, 3.8) is 0 Å². The van der Waals surface area contributed by atoms with Gasteiger partial charge in [0.25, 0.3) is 5.91 Å². The van der Waals surface area contributed by atoms with Crippen LogP contribution in [-0.2, 0) is 9.53 Å². The van der Waals surface area contributed by atoms with Gasteiger partial charge in [0, 0.05) is 13.6 Å². The summed E-state index contributed by atoms with van der Waals surface area (Å²) < 4.78 is 11.1. The number of likely N-dealkylation sites (N-methyl/N-ethyl adjacent to an activating group) is 1. The van der Waals surface area contributed by atoms with Crippen molar-refractivity contribution >= 4 is 11.6 Å². The predicted molar refractivity (Wildman–Crippen MR) is 66.6 cm³/mol. The van der Waals surface area contributed by atoms with E-state index in [1.54, 1.807) is 18.9 Å². The Morgan fingerprint density at radius 2 is 2.28 bits per heavy atom. The standard InChI is InChI=1S/C13H16N2O3/c1-8-13(16)15(2)10-5-9(3-4-11(10)18-8)12-6-14-7-17-12/h3-5,8,12,14H,6-7H2,1-2H3. The normalized spacial score (nSPS) is 27.0. The number of nitrogens with zero attached hydrogens (tertiary/aromatic N) is 1. The van der Waals surface area contributed by atoms with Crippen molar-refractivity contribution < 1.29 is 14.3 Å². The highest BCUT2D eigenvalue weighted by atomic mass is 16.5. The molecule has 1 amide bonds. The average Bonchev–Trinajstić information content (AvgIpc) is 2.90. The lowest BCUT2D eigenvalue weighted by Crippen LogP contribution is -2.42. The van der Waals surface area contributed by atoms with Crippen LogP contribution in [0.1, 0.15) is 18.6 Å². The summed E-state index contributed by atoms with van der Waals surface area (Å²) in [5.41, 5.74) is 1.88. The van der Waals surface area contributed by atoms with Gasteiger partial charge in [-0.15, -0.1) is 0 Å². The molecule has 18 heavy (non-hydrogen) atoms. The molecule has 2 heterocycles. The number of rotatable bonds is 1. The topological polar surface area (TPSA) is 50.8 Å². The Labute approximate surface area is 106 Å². The predicted octanol–water partition coefficient (Wildman–Crippen LogP) is 1.05. The summed E-state index contributed by atoms with van der Waals surface area (Å²) >= 11 is 0. The first kappa shape index (κ1) is 11.5. The molecule has 0 aliphatic carbocycles. The van der Waals surface area contributed by atoms with Crippen LogP contribution in [0.15, 0.2) is 18.2 Å². The number of anilines is 1. The second-order valence-corrected chi connectivity index (χ2v) is 4.64. The van der Waals surface area contributed by atoms with Crippen molar-refractivity contribution in [3.05, 3.63) is 23.8 Å². The maximum Gasteiger partial charge on any atom is 0.267 e. The Bertz CT molecular complexity index is 483. The molecule has 0 spiro atoms. The van der Waals surface area contributed by atoms with E-state index in [0.717, 1.165) is 23.5 Å². The van der Waals surface area contributed by atoms with E-state index in [0.29, 0.717) is 6.73 Å². The van der Waals surface area contributed by atoms with Crippen molar-refractivity contribution in [1.29, 1.82) is 0 Å². The molecule has 1 aromatic rings. The number of fused-ring (bicyclic) bond motifs is 1. The first-order chi connectivity index (χ1) is 8.66. The molecule has 1 fully saturated rings. The van der Waals surface area contributed by atoms with Crippen molar-refractivity contribution in [2.24, 2.45) is 0 Å². The molecule has 2 aliphatic rings. The van der Waals surface area contributed by atoms with E-state index in [-0.39, 0.29) is 12.0 Å². The average molecular weight is 248 g/mol. The molecule has 1 saturated heterocycles. The monoisotopic (exact) mass is 248 g/mol. The van der Waals surface area contributed by atoms with E-state index < -0.39 is 6.10 Å². The minimum atomic E-state index is -0.419. The van der Waals surface area contributed by atoms with Gasteiger partial charge >= 0.3 is 0 Å². The fraction of sp³-hybridized carbons (Fsp3) is 0.462. The molecule has 0 bridgehead atoms. The third kappa shape index (κ3) is 1.76. The molecule has 0 radical (unpaired) electrons. The van der Waals surface area contributed by atoms with Gasteiger partial charge in [-0.2, -0.15) is 0 Å². The van der Waals surface area contributed by atoms with Gasteiger partial charge in [0.2, 0.25) is 0 Å². The minimum absolute atomic E-state index is 0.0230. The van der Waals surface area contributed by atoms with Crippen LogP contribution in [-0.4, -0.2) is 32.3 Å². The second kappa shape index (κ2) is 4.26. The van der Waals surface area contributed by atoms with E-state index in [9.17, 15) is 4.79 Å². The van der Waals surface area contributed by atoms with Crippen LogP contribution in [0.4, 0.5) is 5.69 Å². The van der Waals surface area contributed by atoms with Gasteiger partial charge < -0.3 is 14.4 Å². The minimum Gasteiger partial charge on any atom is -0.479 e. The summed E-state index contributed by atoms with van der Waals surface area (Å²) in [5.74, 6) is 0.726. The van der Waals surface area contributed by atoms with Crippen molar-refractivity contribution in [3.8, 4) is 5.75 Å². The zero-order valence-electron chi connectivity index (χ0n) is 10.5. The van der Waals surface area contributed by atoms with Gasteiger partial charge in [-0.1, -0.05) is 6.07 Å². The van der Waals surface area contributed by atoms with Crippen LogP contribution < -0.4 is 15.0 Å². The van der Waals surface area contributed by atoms with Crippen LogP contribution >= 0.6 is 0 Å². The molecule has 2 atom stereocenters. The Balaban J connectivity index is 1.97. The van der Waals surface area contributed by atoms with E-state index in [4.69, 9.17) is 9.47 Å². The molecule has 2 unspecified atom stereocenters. The highest BCUT2D eigenvalue weighted by Crippen LogP contribution is 2.36. The molecule has 0 aromatic heterocycles. The molecule has 3 rings (SSSR count). The van der Waals surface area contributed by atoms with Gasteiger partial charge in [-0.3, -0.25) is 10.1 Å². The van der Waals surface area contributed by atoms with E-state index in [2.05, 4.69) is 5.32 Å². The summed E-state index contributed by atoms with van der Waals surface area (Å²) in [4.78, 5) is 13.5. The van der Waals surface area contributed by atoms with Gasteiger partial charge in [0.1, 0.15) is 5.75 Å². The first-order valence-corrected chi connectivity index (χ1v) is 6.07. The van der Waals surface area contributed by atoms with Crippen LogP contribution in [0.3, 0.4) is 0 Å². The van der Waals surface area contributed by atoms with Crippen LogP contribution in [0, 0.1) is 0 Å². The number of amides is 1. The summed E-state index contributed by atoms with van der Waals surface area (Å²) in [6, 6.07) is 5.87. The number of hydrogen-bond donors (Lipinski definition) is 1. The molecule has 0 saturated carbocycles. The number of carbonyl (C=O) groups is 1. The van der Waals surface area contributed by atoms with Crippen molar-refractivity contribution in [1.82, 2.24) is 5.32 Å². The molecular formula is C13H16N2O3. The third-order valence-corrected chi connectivity index (χ3v) is 3.41. The van der Waals surface area contributed by atoms with Crippen molar-refractivity contribution in [2.45, 2.75) is 19.1 Å². The quantitative estimate of drug-likeness (QED) is 0.807. The number of ether oxygens (including phenoxy) is 2.